The molecule has 0 saturated carbocycles. The Labute approximate surface area is 178 Å². The number of unbranched alkanes of at least 4 members (excludes halogenated alkanes) is 1. The first-order chi connectivity index (χ1) is 13.9. The molecule has 0 fully saturated rings. The SMILES string of the molecule is CCN(C(=O)OCCCCO[N+](=O)[O-])[C@H]1CC(C)S(=O)(=O)c2sc(S(N)(=O)=O)cc21. The number of sulfonamides is 1. The summed E-state index contributed by atoms with van der Waals surface area (Å²) in [6.07, 6.45) is 0.0334. The maximum atomic E-state index is 12.7. The number of nitrogens with zero attached hydrogens (tertiary/aromatic N) is 2. The first-order valence-corrected chi connectivity index (χ1v) is 12.9. The first-order valence-electron chi connectivity index (χ1n) is 9.00. The number of fused-ring (bicyclic) bond motifs is 1. The number of sulfone groups is 1. The largest absolute Gasteiger partial charge is 0.449 e. The number of primary sulfonamides is 1. The van der Waals surface area contributed by atoms with Crippen molar-refractivity contribution in [2.45, 2.75) is 52.8 Å². The fourth-order valence-corrected chi connectivity index (χ4v) is 7.47. The Bertz CT molecular complexity index is 1000. The Morgan fingerprint density at radius 2 is 2.03 bits per heavy atom. The molecule has 1 amide bonds. The molecular weight excluding hydrogens is 462 g/mol. The third kappa shape index (κ3) is 5.39. The average Bonchev–Trinajstić information content (AvgIpc) is 3.10. The monoisotopic (exact) mass is 485 g/mol. The van der Waals surface area contributed by atoms with Crippen molar-refractivity contribution in [3.63, 3.8) is 0 Å². The number of hydrogen-bond donors (Lipinski definition) is 1. The van der Waals surface area contributed by atoms with Crippen molar-refractivity contribution in [1.29, 1.82) is 0 Å². The highest BCUT2D eigenvalue weighted by atomic mass is 32.3. The molecule has 2 N–H and O–H groups in total. The second-order valence-electron chi connectivity index (χ2n) is 6.62. The molecular formula is C15H23N3O9S3. The minimum Gasteiger partial charge on any atom is -0.449 e. The van der Waals surface area contributed by atoms with Crippen LogP contribution in [0.15, 0.2) is 14.5 Å². The van der Waals surface area contributed by atoms with Gasteiger partial charge in [-0.3, -0.25) is 0 Å². The Morgan fingerprint density at radius 1 is 1.40 bits per heavy atom. The lowest BCUT2D eigenvalue weighted by Crippen LogP contribution is -2.40. The predicted molar refractivity (Wildman–Crippen MR) is 106 cm³/mol. The fraction of sp³-hybridized carbons (Fsp3) is 0.667. The van der Waals surface area contributed by atoms with Crippen LogP contribution in [0.4, 0.5) is 4.79 Å². The summed E-state index contributed by atoms with van der Waals surface area (Å²) >= 11 is 0.577. The molecule has 2 heterocycles. The van der Waals surface area contributed by atoms with Crippen molar-refractivity contribution in [2.24, 2.45) is 5.14 Å². The summed E-state index contributed by atoms with van der Waals surface area (Å²) in [5, 5.41) is 13.5. The number of hydrogen-bond acceptors (Lipinski definition) is 10. The summed E-state index contributed by atoms with van der Waals surface area (Å²) in [5.41, 5.74) is 0.209. The lowest BCUT2D eigenvalue weighted by Gasteiger charge is -2.35. The highest BCUT2D eigenvalue weighted by molar-refractivity contribution is 7.95. The third-order valence-electron chi connectivity index (χ3n) is 4.60. The number of ether oxygens (including phenoxy) is 1. The molecule has 2 atom stereocenters. The molecule has 12 nitrogen and oxygen atoms in total. The molecule has 0 spiro atoms. The second-order valence-corrected chi connectivity index (χ2v) is 12.0. The van der Waals surface area contributed by atoms with E-state index in [1.54, 1.807) is 6.92 Å². The van der Waals surface area contributed by atoms with Crippen LogP contribution in [-0.2, 0) is 29.4 Å². The molecule has 1 aliphatic heterocycles. The van der Waals surface area contributed by atoms with Gasteiger partial charge in [-0.25, -0.2) is 26.8 Å². The number of thiophene rings is 1. The molecule has 1 unspecified atom stereocenters. The van der Waals surface area contributed by atoms with Crippen LogP contribution in [0.25, 0.3) is 0 Å². The van der Waals surface area contributed by atoms with E-state index in [4.69, 9.17) is 9.88 Å². The zero-order chi connectivity index (χ0) is 22.7. The molecule has 15 heteroatoms. The number of amides is 1. The number of nitrogens with two attached hydrogens (primary N) is 1. The van der Waals surface area contributed by atoms with Crippen LogP contribution in [0, 0.1) is 10.1 Å². The van der Waals surface area contributed by atoms with Crippen molar-refractivity contribution in [2.75, 3.05) is 19.8 Å². The van der Waals surface area contributed by atoms with Crippen LogP contribution in [0.1, 0.15) is 44.7 Å². The smallest absolute Gasteiger partial charge is 0.410 e. The average molecular weight is 486 g/mol. The molecule has 170 valence electrons. The van der Waals surface area contributed by atoms with Gasteiger partial charge in [-0.05, 0) is 39.2 Å². The van der Waals surface area contributed by atoms with Gasteiger partial charge in [-0.15, -0.1) is 21.5 Å². The maximum Gasteiger partial charge on any atom is 0.410 e. The van der Waals surface area contributed by atoms with E-state index in [1.807, 2.05) is 0 Å². The summed E-state index contributed by atoms with van der Waals surface area (Å²) in [5.74, 6) is 0. The second kappa shape index (κ2) is 9.45. The molecule has 0 saturated heterocycles. The van der Waals surface area contributed by atoms with Gasteiger partial charge in [0.15, 0.2) is 9.84 Å². The van der Waals surface area contributed by atoms with E-state index >= 15 is 0 Å². The summed E-state index contributed by atoms with van der Waals surface area (Å²) in [6.45, 7) is 3.26. The van der Waals surface area contributed by atoms with Gasteiger partial charge in [0.2, 0.25) is 10.0 Å². The van der Waals surface area contributed by atoms with E-state index in [9.17, 15) is 31.7 Å². The number of carbonyl (C=O) groups is 1. The lowest BCUT2D eigenvalue weighted by atomic mass is 10.0. The van der Waals surface area contributed by atoms with Gasteiger partial charge in [0.1, 0.15) is 8.42 Å². The van der Waals surface area contributed by atoms with Crippen molar-refractivity contribution >= 4 is 37.3 Å². The summed E-state index contributed by atoms with van der Waals surface area (Å²) < 4.78 is 53.6. The minimum atomic E-state index is -4.11. The molecule has 0 aromatic carbocycles. The van der Waals surface area contributed by atoms with Gasteiger partial charge < -0.3 is 14.5 Å². The van der Waals surface area contributed by atoms with Crippen molar-refractivity contribution in [3.05, 3.63) is 21.7 Å². The Morgan fingerprint density at radius 3 is 2.60 bits per heavy atom. The van der Waals surface area contributed by atoms with E-state index in [1.165, 1.54) is 17.9 Å². The Hall–Kier alpha value is -1.97. The number of rotatable bonds is 9. The standard InChI is InChI=1S/C15H23N3O9S3/c1-3-17(15(19)26-6-4-5-7-27-18(20)21)12-8-10(2)29(22,23)14-11(12)9-13(28-14)30(16,24)25/h9-10,12H,3-8H2,1-2H3,(H2,16,24,25)/t10?,12-/m0/s1. The van der Waals surface area contributed by atoms with E-state index in [0.29, 0.717) is 24.2 Å². The van der Waals surface area contributed by atoms with E-state index in [2.05, 4.69) is 4.84 Å². The van der Waals surface area contributed by atoms with Gasteiger partial charge in [-0.2, -0.15) is 0 Å². The van der Waals surface area contributed by atoms with Crippen LogP contribution >= 0.6 is 11.3 Å². The van der Waals surface area contributed by atoms with Gasteiger partial charge in [-0.1, -0.05) is 0 Å². The summed E-state index contributed by atoms with van der Waals surface area (Å²) in [6, 6.07) is 0.509. The topological polar surface area (TPSA) is 176 Å². The van der Waals surface area contributed by atoms with Crippen molar-refractivity contribution < 1.29 is 36.3 Å². The fourth-order valence-electron chi connectivity index (χ4n) is 3.07. The molecule has 0 aliphatic carbocycles. The van der Waals surface area contributed by atoms with Gasteiger partial charge >= 0.3 is 6.09 Å². The zero-order valence-electron chi connectivity index (χ0n) is 16.3. The summed E-state index contributed by atoms with van der Waals surface area (Å²) in [4.78, 5) is 28.2. The van der Waals surface area contributed by atoms with Crippen LogP contribution in [0.3, 0.4) is 0 Å². The molecule has 0 bridgehead atoms. The van der Waals surface area contributed by atoms with Crippen molar-refractivity contribution in [3.8, 4) is 0 Å². The Kier molecular flexibility index (Phi) is 7.65. The van der Waals surface area contributed by atoms with Gasteiger partial charge in [0.05, 0.1) is 24.5 Å². The predicted octanol–water partition coefficient (Wildman–Crippen LogP) is 1.45. The van der Waals surface area contributed by atoms with Crippen LogP contribution in [-0.4, -0.2) is 57.9 Å². The molecule has 2 rings (SSSR count). The summed E-state index contributed by atoms with van der Waals surface area (Å²) in [7, 11) is -7.85. The van der Waals surface area contributed by atoms with Crippen LogP contribution in [0.5, 0.6) is 0 Å². The van der Waals surface area contributed by atoms with Gasteiger partial charge in [0.25, 0.3) is 5.09 Å². The minimum absolute atomic E-state index is 0.00406. The molecule has 30 heavy (non-hydrogen) atoms. The zero-order valence-corrected chi connectivity index (χ0v) is 18.8. The van der Waals surface area contributed by atoms with E-state index in [0.717, 1.165) is 0 Å². The molecule has 1 aliphatic rings. The highest BCUT2D eigenvalue weighted by Crippen LogP contribution is 2.45. The van der Waals surface area contributed by atoms with Crippen molar-refractivity contribution in [1.82, 2.24) is 4.90 Å². The van der Waals surface area contributed by atoms with E-state index in [-0.39, 0.29) is 40.2 Å². The third-order valence-corrected chi connectivity index (χ3v) is 9.91. The molecule has 1 aromatic rings. The van der Waals surface area contributed by atoms with E-state index < -0.39 is 42.3 Å². The van der Waals surface area contributed by atoms with Crippen LogP contribution < -0.4 is 5.14 Å². The normalized spacial score (nSPS) is 20.2. The van der Waals surface area contributed by atoms with Gasteiger partial charge in [0, 0.05) is 12.1 Å². The Balaban J connectivity index is 2.19. The molecule has 0 radical (unpaired) electrons. The quantitative estimate of drug-likeness (QED) is 0.308. The lowest BCUT2D eigenvalue weighted by molar-refractivity contribution is -0.757. The van der Waals surface area contributed by atoms with Crippen LogP contribution in [0.2, 0.25) is 0 Å². The number of carbonyl (C=O) groups excluding carboxylic acids is 1. The first kappa shape index (κ1) is 24.3. The molecule has 1 aromatic heterocycles. The maximum absolute atomic E-state index is 12.7. The highest BCUT2D eigenvalue weighted by Gasteiger charge is 2.42.